The summed E-state index contributed by atoms with van der Waals surface area (Å²) in [5.74, 6) is 2.32. The van der Waals surface area contributed by atoms with Gasteiger partial charge in [-0.3, -0.25) is 0 Å². The largest absolute Gasteiger partial charge is 0.381 e. The third kappa shape index (κ3) is 3.53. The Labute approximate surface area is 197 Å². The van der Waals surface area contributed by atoms with Crippen molar-refractivity contribution in [2.45, 2.75) is 70.7 Å². The number of ether oxygens (including phenoxy) is 1. The van der Waals surface area contributed by atoms with Gasteiger partial charge >= 0.3 is 0 Å². The zero-order valence-electron chi connectivity index (χ0n) is 19.8. The van der Waals surface area contributed by atoms with Gasteiger partial charge in [-0.15, -0.1) is 0 Å². The molecule has 6 rings (SSSR count). The van der Waals surface area contributed by atoms with E-state index in [1.165, 1.54) is 11.4 Å². The van der Waals surface area contributed by atoms with Crippen LogP contribution >= 0.6 is 0 Å². The Kier molecular flexibility index (Phi) is 5.24. The normalized spacial score (nSPS) is 21.9. The second kappa shape index (κ2) is 8.43. The Balaban J connectivity index is 1.28. The van der Waals surface area contributed by atoms with Gasteiger partial charge in [0.15, 0.2) is 17.0 Å². The molecule has 0 amide bonds. The fraction of sp³-hybridized carbons (Fsp3) is 0.500. The summed E-state index contributed by atoms with van der Waals surface area (Å²) >= 11 is 0. The van der Waals surface area contributed by atoms with Crippen molar-refractivity contribution >= 4 is 17.0 Å². The number of hydrogen-bond acceptors (Lipinski definition) is 8. The predicted octanol–water partition coefficient (Wildman–Crippen LogP) is 3.13. The molecule has 1 N–H and O–H groups in total. The first-order valence-corrected chi connectivity index (χ1v) is 12.0. The minimum atomic E-state index is 0.261. The molecule has 0 aliphatic heterocycles. The number of aryl methyl sites for hydroxylation is 3. The molecule has 2 aliphatic rings. The average molecular weight is 460 g/mol. The van der Waals surface area contributed by atoms with E-state index in [-0.39, 0.29) is 6.04 Å². The van der Waals surface area contributed by atoms with Crippen LogP contribution < -0.4 is 5.32 Å². The van der Waals surface area contributed by atoms with E-state index in [1.54, 1.807) is 13.4 Å². The van der Waals surface area contributed by atoms with Crippen LogP contribution in [0.1, 0.15) is 49.4 Å². The highest BCUT2D eigenvalue weighted by Crippen LogP contribution is 2.37. The molecule has 4 heterocycles. The second-order valence-corrected chi connectivity index (χ2v) is 9.21. The molecule has 0 aromatic carbocycles. The summed E-state index contributed by atoms with van der Waals surface area (Å²) in [7, 11) is 1.80. The van der Waals surface area contributed by atoms with E-state index in [2.05, 4.69) is 41.3 Å². The van der Waals surface area contributed by atoms with Crippen LogP contribution in [-0.2, 0) is 24.1 Å². The number of rotatable bonds is 6. The Hall–Kier alpha value is -3.40. The van der Waals surface area contributed by atoms with Crippen LogP contribution in [0.2, 0.25) is 0 Å². The van der Waals surface area contributed by atoms with E-state index < -0.39 is 0 Å². The molecule has 176 valence electrons. The SMILES string of the molecule is CCn1c(-c2cnc(C)nc2)nc2c(N[C@H]3CCc4ncn([C@H]5C[C@@H](OC)C5)c4C3)ncnc21. The monoisotopic (exact) mass is 459 g/mol. The summed E-state index contributed by atoms with van der Waals surface area (Å²) in [5, 5.41) is 3.68. The topological polar surface area (TPSA) is 108 Å². The highest BCUT2D eigenvalue weighted by atomic mass is 16.5. The summed E-state index contributed by atoms with van der Waals surface area (Å²) in [4.78, 5) is 27.5. The van der Waals surface area contributed by atoms with Gasteiger partial charge in [0.1, 0.15) is 18.0 Å². The molecular weight excluding hydrogens is 430 g/mol. The molecule has 34 heavy (non-hydrogen) atoms. The van der Waals surface area contributed by atoms with Gasteiger partial charge in [0.2, 0.25) is 0 Å². The molecular formula is C24H29N9O. The minimum Gasteiger partial charge on any atom is -0.381 e. The Bertz CT molecular complexity index is 1320. The van der Waals surface area contributed by atoms with Crippen molar-refractivity contribution in [2.75, 3.05) is 12.4 Å². The van der Waals surface area contributed by atoms with Crippen LogP contribution in [0, 0.1) is 6.92 Å². The summed E-state index contributed by atoms with van der Waals surface area (Å²) in [6.07, 6.45) is 12.6. The highest BCUT2D eigenvalue weighted by Gasteiger charge is 2.34. The van der Waals surface area contributed by atoms with Crippen molar-refractivity contribution < 1.29 is 4.74 Å². The van der Waals surface area contributed by atoms with Crippen molar-refractivity contribution in [2.24, 2.45) is 0 Å². The van der Waals surface area contributed by atoms with Gasteiger partial charge < -0.3 is 19.2 Å². The Morgan fingerprint density at radius 2 is 1.94 bits per heavy atom. The van der Waals surface area contributed by atoms with Gasteiger partial charge in [-0.05, 0) is 39.5 Å². The van der Waals surface area contributed by atoms with Gasteiger partial charge in [0, 0.05) is 50.2 Å². The summed E-state index contributed by atoms with van der Waals surface area (Å²) < 4.78 is 9.94. The van der Waals surface area contributed by atoms with Gasteiger partial charge in [-0.25, -0.2) is 29.9 Å². The van der Waals surface area contributed by atoms with Crippen molar-refractivity contribution in [3.05, 3.63) is 42.3 Å². The Morgan fingerprint density at radius 1 is 1.12 bits per heavy atom. The van der Waals surface area contributed by atoms with Gasteiger partial charge in [-0.1, -0.05) is 0 Å². The molecule has 1 fully saturated rings. The van der Waals surface area contributed by atoms with E-state index in [4.69, 9.17) is 14.7 Å². The molecule has 0 saturated heterocycles. The van der Waals surface area contributed by atoms with E-state index in [1.807, 2.05) is 25.6 Å². The quantitative estimate of drug-likeness (QED) is 0.468. The van der Waals surface area contributed by atoms with E-state index in [0.717, 1.165) is 72.8 Å². The molecule has 1 atom stereocenters. The number of hydrogen-bond donors (Lipinski definition) is 1. The van der Waals surface area contributed by atoms with Crippen molar-refractivity contribution in [3.63, 3.8) is 0 Å². The first-order chi connectivity index (χ1) is 16.6. The van der Waals surface area contributed by atoms with Crippen LogP contribution in [0.15, 0.2) is 25.0 Å². The van der Waals surface area contributed by atoms with Gasteiger partial charge in [0.25, 0.3) is 0 Å². The number of methoxy groups -OCH3 is 1. The lowest BCUT2D eigenvalue weighted by atomic mass is 9.87. The van der Waals surface area contributed by atoms with Gasteiger partial charge in [-0.2, -0.15) is 0 Å². The fourth-order valence-corrected chi connectivity index (χ4v) is 5.16. The summed E-state index contributed by atoms with van der Waals surface area (Å²) in [6, 6.07) is 0.752. The van der Waals surface area contributed by atoms with Crippen LogP contribution in [0.3, 0.4) is 0 Å². The van der Waals surface area contributed by atoms with E-state index in [9.17, 15) is 0 Å². The van der Waals surface area contributed by atoms with Crippen molar-refractivity contribution in [3.8, 4) is 11.4 Å². The maximum atomic E-state index is 5.48. The molecule has 2 aliphatic carbocycles. The third-order valence-corrected chi connectivity index (χ3v) is 7.18. The second-order valence-electron chi connectivity index (χ2n) is 9.21. The van der Waals surface area contributed by atoms with Crippen LogP contribution in [0.4, 0.5) is 5.82 Å². The standard InChI is InChI=1S/C24H29N9O/c1-4-32-23(15-10-25-14(2)26-11-15)31-21-22(27-12-28-24(21)32)30-16-5-6-19-20(7-16)33(13-29-19)17-8-18(9-17)34-3/h10-13,16-18H,4-9H2,1-3H3,(H,27,28,30)/t16-,17-,18+/m0/s1. The van der Waals surface area contributed by atoms with Crippen molar-refractivity contribution in [1.29, 1.82) is 0 Å². The van der Waals surface area contributed by atoms with Crippen molar-refractivity contribution in [1.82, 2.24) is 39.0 Å². The number of nitrogens with one attached hydrogen (secondary N) is 1. The Morgan fingerprint density at radius 3 is 2.71 bits per heavy atom. The zero-order chi connectivity index (χ0) is 23.2. The third-order valence-electron chi connectivity index (χ3n) is 7.18. The van der Waals surface area contributed by atoms with Crippen LogP contribution in [-0.4, -0.2) is 58.3 Å². The zero-order valence-corrected chi connectivity index (χ0v) is 19.8. The highest BCUT2D eigenvalue weighted by molar-refractivity contribution is 5.86. The van der Waals surface area contributed by atoms with E-state index >= 15 is 0 Å². The number of nitrogens with zero attached hydrogens (tertiary/aromatic N) is 8. The molecule has 4 aromatic heterocycles. The number of fused-ring (bicyclic) bond motifs is 2. The first-order valence-electron chi connectivity index (χ1n) is 12.0. The van der Waals surface area contributed by atoms with Crippen LogP contribution in [0.5, 0.6) is 0 Å². The molecule has 10 heteroatoms. The molecule has 10 nitrogen and oxygen atoms in total. The van der Waals surface area contributed by atoms with Gasteiger partial charge in [0.05, 0.1) is 23.7 Å². The average Bonchev–Trinajstić information content (AvgIpc) is 3.41. The molecule has 0 bridgehead atoms. The number of anilines is 1. The fourth-order valence-electron chi connectivity index (χ4n) is 5.16. The molecule has 0 radical (unpaired) electrons. The summed E-state index contributed by atoms with van der Waals surface area (Å²) in [5.41, 5.74) is 5.03. The molecule has 0 spiro atoms. The first kappa shape index (κ1) is 21.2. The smallest absolute Gasteiger partial charge is 0.165 e. The minimum absolute atomic E-state index is 0.261. The lowest BCUT2D eigenvalue weighted by Gasteiger charge is -2.37. The predicted molar refractivity (Wildman–Crippen MR) is 127 cm³/mol. The maximum absolute atomic E-state index is 5.48. The van der Waals surface area contributed by atoms with Crippen LogP contribution in [0.25, 0.3) is 22.6 Å². The molecule has 4 aromatic rings. The molecule has 0 unspecified atom stereocenters. The van der Waals surface area contributed by atoms with E-state index in [0.29, 0.717) is 12.1 Å². The summed E-state index contributed by atoms with van der Waals surface area (Å²) in [6.45, 7) is 4.71. The number of aromatic nitrogens is 8. The number of imidazole rings is 2. The molecule has 1 saturated carbocycles. The lowest BCUT2D eigenvalue weighted by molar-refractivity contribution is 0.00531. The maximum Gasteiger partial charge on any atom is 0.165 e. The lowest BCUT2D eigenvalue weighted by Crippen LogP contribution is -2.35.